The summed E-state index contributed by atoms with van der Waals surface area (Å²) in [7, 11) is -3.57. The van der Waals surface area contributed by atoms with E-state index in [9.17, 15) is 32.4 Å². The monoisotopic (exact) mass is 777 g/mol. The average Bonchev–Trinajstić information content (AvgIpc) is 3.40. The highest BCUT2D eigenvalue weighted by Crippen LogP contribution is 2.65. The van der Waals surface area contributed by atoms with Crippen LogP contribution in [0.4, 0.5) is 4.79 Å². The average molecular weight is 778 g/mol. The summed E-state index contributed by atoms with van der Waals surface area (Å²) in [5.41, 5.74) is -1.74. The maximum Gasteiger partial charge on any atom is 0.315 e. The quantitative estimate of drug-likeness (QED) is 0.201. The molecule has 0 spiro atoms. The molecule has 54 heavy (non-hydrogen) atoms. The van der Waals surface area contributed by atoms with Gasteiger partial charge in [0, 0.05) is 25.8 Å². The summed E-state index contributed by atoms with van der Waals surface area (Å²) in [4.78, 5) is 71.6. The van der Waals surface area contributed by atoms with Gasteiger partial charge in [0.05, 0.1) is 22.1 Å². The number of nitrogens with one attached hydrogen (secondary N) is 4. The molecule has 5 atom stereocenters. The number of piperidine rings is 1. The molecule has 5 rings (SSSR count). The van der Waals surface area contributed by atoms with Gasteiger partial charge in [0.2, 0.25) is 17.6 Å². The van der Waals surface area contributed by atoms with E-state index < -0.39 is 67.3 Å². The van der Waals surface area contributed by atoms with Crippen LogP contribution in [-0.2, 0) is 33.8 Å². The van der Waals surface area contributed by atoms with Crippen molar-refractivity contribution in [2.75, 3.05) is 25.5 Å². The minimum atomic E-state index is -3.57. The first kappa shape index (κ1) is 42.4. The van der Waals surface area contributed by atoms with E-state index in [4.69, 9.17) is 4.74 Å². The van der Waals surface area contributed by atoms with E-state index >= 15 is 0 Å². The number of carbonyl (C=O) groups excluding carboxylic acids is 5. The van der Waals surface area contributed by atoms with Gasteiger partial charge in [0.15, 0.2) is 9.84 Å². The molecule has 4 N–H and O–H groups in total. The highest BCUT2D eigenvalue weighted by Gasteiger charge is 2.70. The Morgan fingerprint density at radius 2 is 1.46 bits per heavy atom. The zero-order valence-electron chi connectivity index (χ0n) is 33.8. The summed E-state index contributed by atoms with van der Waals surface area (Å²) in [5, 5.41) is 11.9. The number of hydrogen-bond donors (Lipinski definition) is 4. The van der Waals surface area contributed by atoms with Crippen molar-refractivity contribution in [3.8, 4) is 0 Å². The molecule has 3 saturated carbocycles. The number of amides is 5. The maximum absolute atomic E-state index is 15.0. The van der Waals surface area contributed by atoms with Gasteiger partial charge in [-0.3, -0.25) is 19.2 Å². The molecule has 0 radical (unpaired) electrons. The molecular formula is C40H67N5O8S. The van der Waals surface area contributed by atoms with Crippen LogP contribution in [-0.4, -0.2) is 103 Å². The topological polar surface area (TPSA) is 180 Å². The second kappa shape index (κ2) is 16.4. The number of sulfone groups is 1. The zero-order chi connectivity index (χ0) is 39.7. The Hall–Kier alpha value is -2.74. The van der Waals surface area contributed by atoms with Gasteiger partial charge in [-0.25, -0.2) is 13.2 Å². The predicted octanol–water partition coefficient (Wildman–Crippen LogP) is 4.17. The summed E-state index contributed by atoms with van der Waals surface area (Å²) in [6, 6.07) is -3.59. The molecule has 3 aliphatic carbocycles. The van der Waals surface area contributed by atoms with E-state index in [-0.39, 0.29) is 41.4 Å². The molecule has 14 heteroatoms. The number of fused-ring (bicyclic) bond motifs is 1. The lowest BCUT2D eigenvalue weighted by atomic mass is 9.70. The van der Waals surface area contributed by atoms with Crippen LogP contribution in [0.25, 0.3) is 0 Å². The molecule has 5 aliphatic rings. The molecule has 2 saturated heterocycles. The van der Waals surface area contributed by atoms with Crippen molar-refractivity contribution in [2.45, 2.75) is 173 Å². The minimum absolute atomic E-state index is 0.0658. The normalized spacial score (nSPS) is 27.5. The number of nitrogens with zero attached hydrogens (tertiary/aromatic N) is 1. The van der Waals surface area contributed by atoms with Crippen molar-refractivity contribution < 1.29 is 37.1 Å². The first-order valence-electron chi connectivity index (χ1n) is 20.6. The lowest BCUT2D eigenvalue weighted by Gasteiger charge is -2.44. The third kappa shape index (κ3) is 9.10. The van der Waals surface area contributed by atoms with E-state index in [1.165, 1.54) is 0 Å². The van der Waals surface area contributed by atoms with Gasteiger partial charge >= 0.3 is 6.03 Å². The molecule has 0 aromatic rings. The van der Waals surface area contributed by atoms with Gasteiger partial charge in [-0.2, -0.15) is 0 Å². The van der Waals surface area contributed by atoms with Crippen LogP contribution < -0.4 is 21.3 Å². The Bertz CT molecular complexity index is 1520. The fourth-order valence-electron chi connectivity index (χ4n) is 9.75. The summed E-state index contributed by atoms with van der Waals surface area (Å²) in [5.74, 6) is -2.48. The van der Waals surface area contributed by atoms with Crippen LogP contribution >= 0.6 is 0 Å². The lowest BCUT2D eigenvalue weighted by Crippen LogP contribution is -2.65. The smallest absolute Gasteiger partial charge is 0.315 e. The Morgan fingerprint density at radius 1 is 0.870 bits per heavy atom. The highest BCUT2D eigenvalue weighted by atomic mass is 32.2. The highest BCUT2D eigenvalue weighted by molar-refractivity contribution is 7.92. The van der Waals surface area contributed by atoms with Crippen LogP contribution in [0.5, 0.6) is 0 Å². The van der Waals surface area contributed by atoms with Crippen molar-refractivity contribution in [1.29, 1.82) is 0 Å². The Balaban J connectivity index is 1.37. The zero-order valence-corrected chi connectivity index (χ0v) is 34.6. The van der Waals surface area contributed by atoms with Crippen LogP contribution in [0.1, 0.15) is 138 Å². The SMILES string of the molecule is CCCC(NC(=O)[C@@H]1[C@@H]2[C@H](CN1C(=O)[C@@H](NC(=O)NC1(CS(=O)(=O)C(C)(C)C)CCCCC1)C1(C)CCCCC1)C2(C)C)C(=O)C(=O)NC1CCOCC1. The summed E-state index contributed by atoms with van der Waals surface area (Å²) < 4.78 is 31.3. The first-order valence-corrected chi connectivity index (χ1v) is 22.2. The lowest BCUT2D eigenvalue weighted by molar-refractivity contribution is -0.146. The van der Waals surface area contributed by atoms with E-state index in [0.717, 1.165) is 38.5 Å². The standard InChI is InChI=1S/C40H67N5O8S/c1-8-15-28(31(46)34(48)41-26-16-22-53-23-17-26)42-33(47)30-29-27(38(29,5)6)24-45(30)35(49)32(39(7)18-11-9-12-19-39)43-36(50)44-40(20-13-10-14-21-40)25-54(51,52)37(2,3)4/h26-30,32H,8-25H2,1-7H3,(H,41,48)(H,42,47)(H2,43,44,50)/t27-,28?,29-,30-,32+/m0/s1. The molecule has 0 aromatic heterocycles. The Morgan fingerprint density at radius 3 is 2.04 bits per heavy atom. The summed E-state index contributed by atoms with van der Waals surface area (Å²) >= 11 is 0. The third-order valence-electron chi connectivity index (χ3n) is 13.6. The largest absolute Gasteiger partial charge is 0.381 e. The number of hydrogen-bond acceptors (Lipinski definition) is 8. The van der Waals surface area contributed by atoms with Gasteiger partial charge in [-0.1, -0.05) is 72.6 Å². The minimum Gasteiger partial charge on any atom is -0.381 e. The first-order chi connectivity index (χ1) is 25.3. The number of ether oxygens (including phenoxy) is 1. The molecule has 2 aliphatic heterocycles. The van der Waals surface area contributed by atoms with Gasteiger partial charge < -0.3 is 30.9 Å². The van der Waals surface area contributed by atoms with Gasteiger partial charge in [0.1, 0.15) is 12.1 Å². The second-order valence-corrected chi connectivity index (χ2v) is 21.7. The van der Waals surface area contributed by atoms with Crippen molar-refractivity contribution in [3.63, 3.8) is 0 Å². The van der Waals surface area contributed by atoms with Crippen molar-refractivity contribution in [2.24, 2.45) is 22.7 Å². The Kier molecular flexibility index (Phi) is 12.9. The molecule has 0 bridgehead atoms. The Labute approximate surface area is 322 Å². The van der Waals surface area contributed by atoms with Crippen LogP contribution in [0.15, 0.2) is 0 Å². The van der Waals surface area contributed by atoms with Crippen molar-refractivity contribution in [3.05, 3.63) is 0 Å². The van der Waals surface area contributed by atoms with E-state index in [1.807, 2.05) is 13.8 Å². The van der Waals surface area contributed by atoms with Crippen LogP contribution in [0.2, 0.25) is 0 Å². The summed E-state index contributed by atoms with van der Waals surface area (Å²) in [6.07, 6.45) is 9.93. The predicted molar refractivity (Wildman–Crippen MR) is 206 cm³/mol. The fraction of sp³-hybridized carbons (Fsp3) is 0.875. The molecule has 5 fully saturated rings. The number of likely N-dealkylation sites (tertiary alicyclic amines) is 1. The van der Waals surface area contributed by atoms with Gasteiger partial charge in [0.25, 0.3) is 5.91 Å². The van der Waals surface area contributed by atoms with Crippen LogP contribution in [0.3, 0.4) is 0 Å². The summed E-state index contributed by atoms with van der Waals surface area (Å²) in [6.45, 7) is 14.5. The number of urea groups is 1. The van der Waals surface area contributed by atoms with E-state index in [2.05, 4.69) is 35.1 Å². The van der Waals surface area contributed by atoms with Crippen LogP contribution in [0, 0.1) is 22.7 Å². The van der Waals surface area contributed by atoms with Gasteiger partial charge in [-0.05, 0) is 88.4 Å². The second-order valence-electron chi connectivity index (χ2n) is 18.9. The van der Waals surface area contributed by atoms with Gasteiger partial charge in [-0.15, -0.1) is 0 Å². The van der Waals surface area contributed by atoms with E-state index in [1.54, 1.807) is 25.7 Å². The fourth-order valence-corrected chi connectivity index (χ4v) is 11.3. The number of Topliss-reactive ketones (excluding diaryl/α,β-unsaturated/α-hetero) is 1. The van der Waals surface area contributed by atoms with Crippen molar-refractivity contribution in [1.82, 2.24) is 26.2 Å². The molecular weight excluding hydrogens is 711 g/mol. The molecule has 2 heterocycles. The molecule has 306 valence electrons. The van der Waals surface area contributed by atoms with E-state index in [0.29, 0.717) is 64.7 Å². The maximum atomic E-state index is 15.0. The molecule has 5 amide bonds. The number of carbonyl (C=O) groups is 5. The molecule has 13 nitrogen and oxygen atoms in total. The molecule has 0 aromatic carbocycles. The van der Waals surface area contributed by atoms with Crippen molar-refractivity contribution >= 4 is 39.4 Å². The number of rotatable bonds is 13. The molecule has 1 unspecified atom stereocenters. The third-order valence-corrected chi connectivity index (χ3v) is 16.4. The number of ketones is 1.